The van der Waals surface area contributed by atoms with Crippen LogP contribution >= 0.6 is 0 Å². The van der Waals surface area contributed by atoms with Crippen molar-refractivity contribution in [1.82, 2.24) is 5.32 Å². The number of amides is 1. The Balaban J connectivity index is 4.23. The number of carbonyl (C=O) groups is 1. The van der Waals surface area contributed by atoms with Crippen LogP contribution in [0.25, 0.3) is 0 Å². The summed E-state index contributed by atoms with van der Waals surface area (Å²) in [6.07, 6.45) is -6.44. The molecule has 0 rings (SSSR count). The number of halogens is 5. The minimum Gasteiger partial charge on any atom is -0.292 e. The van der Waals surface area contributed by atoms with Gasteiger partial charge < -0.3 is 0 Å². The number of hydrogen-bond acceptors (Lipinski definition) is 1. The zero-order valence-corrected chi connectivity index (χ0v) is 4.38. The summed E-state index contributed by atoms with van der Waals surface area (Å²) in [6.45, 7) is 0. The van der Waals surface area contributed by atoms with Gasteiger partial charge in [0.2, 0.25) is 6.41 Å². The average molecular weight is 163 g/mol. The first kappa shape index (κ1) is 9.12. The van der Waals surface area contributed by atoms with Crippen LogP contribution in [-0.2, 0) is 4.79 Å². The Morgan fingerprint density at radius 2 is 1.50 bits per heavy atom. The first-order valence-electron chi connectivity index (χ1n) is 1.97. The molecule has 0 atom stereocenters. The molecule has 2 nitrogen and oxygen atoms in total. The lowest BCUT2D eigenvalue weighted by molar-refractivity contribution is -0.291. The third-order valence-electron chi connectivity index (χ3n) is 0.596. The van der Waals surface area contributed by atoms with E-state index in [2.05, 4.69) is 0 Å². The largest absolute Gasteiger partial charge is 0.475 e. The molecule has 0 aliphatic carbocycles. The molecule has 1 N–H and O–H groups in total. The van der Waals surface area contributed by atoms with Crippen LogP contribution in [0, 0.1) is 0 Å². The van der Waals surface area contributed by atoms with E-state index < -0.39 is 18.6 Å². The smallest absolute Gasteiger partial charge is 0.292 e. The molecule has 0 saturated heterocycles. The zero-order valence-electron chi connectivity index (χ0n) is 4.38. The summed E-state index contributed by atoms with van der Waals surface area (Å²) in [4.78, 5) is 9.18. The highest BCUT2D eigenvalue weighted by atomic mass is 19.4. The molecule has 60 valence electrons. The lowest BCUT2D eigenvalue weighted by Crippen LogP contribution is -2.48. The molecule has 0 heterocycles. The second kappa shape index (κ2) is 2.39. The van der Waals surface area contributed by atoms with Crippen molar-refractivity contribution in [2.75, 3.05) is 0 Å². The molecule has 0 spiro atoms. The Bertz CT molecular complexity index is 129. The van der Waals surface area contributed by atoms with Crippen molar-refractivity contribution in [2.24, 2.45) is 0 Å². The highest BCUT2D eigenvalue weighted by molar-refractivity contribution is 5.47. The van der Waals surface area contributed by atoms with Crippen LogP contribution in [0.1, 0.15) is 0 Å². The van der Waals surface area contributed by atoms with Crippen LogP contribution in [-0.4, -0.2) is 18.6 Å². The zero-order chi connectivity index (χ0) is 8.41. The molecule has 0 aliphatic heterocycles. The van der Waals surface area contributed by atoms with Crippen molar-refractivity contribution >= 4 is 6.41 Å². The fraction of sp³-hybridized carbons (Fsp3) is 0.667. The molecule has 0 radical (unpaired) electrons. The molecular formula is C3H2F5NO. The molecule has 0 aliphatic rings. The van der Waals surface area contributed by atoms with Gasteiger partial charge in [-0.05, 0) is 0 Å². The minimum absolute atomic E-state index is 0.323. The summed E-state index contributed by atoms with van der Waals surface area (Å²) in [5.41, 5.74) is 0. The monoisotopic (exact) mass is 163 g/mol. The molecule has 7 heteroatoms. The Labute approximate surface area is 52.0 Å². The van der Waals surface area contributed by atoms with E-state index in [1.165, 1.54) is 0 Å². The predicted octanol–water partition coefficient (Wildman–Crippen LogP) is 0.887. The summed E-state index contributed by atoms with van der Waals surface area (Å²) in [5, 5.41) is 0.323. The molecular weight excluding hydrogens is 161 g/mol. The molecule has 1 amide bonds. The van der Waals surface area contributed by atoms with Gasteiger partial charge in [-0.25, -0.2) is 0 Å². The van der Waals surface area contributed by atoms with Crippen molar-refractivity contribution in [2.45, 2.75) is 12.2 Å². The van der Waals surface area contributed by atoms with Crippen LogP contribution in [0.4, 0.5) is 22.0 Å². The van der Waals surface area contributed by atoms with E-state index in [0.717, 1.165) is 0 Å². The summed E-state index contributed by atoms with van der Waals surface area (Å²) in [6, 6.07) is -5.13. The molecule has 0 aromatic rings. The average Bonchev–Trinajstić information content (AvgIpc) is 1.61. The fourth-order valence-electron chi connectivity index (χ4n) is 0.156. The van der Waals surface area contributed by atoms with Crippen molar-refractivity contribution in [3.05, 3.63) is 0 Å². The third-order valence-corrected chi connectivity index (χ3v) is 0.596. The normalized spacial score (nSPS) is 12.9. The van der Waals surface area contributed by atoms with Crippen LogP contribution < -0.4 is 5.32 Å². The van der Waals surface area contributed by atoms with Gasteiger partial charge in [0.15, 0.2) is 0 Å². The van der Waals surface area contributed by atoms with Gasteiger partial charge in [0.1, 0.15) is 0 Å². The van der Waals surface area contributed by atoms with Crippen LogP contribution in [0.3, 0.4) is 0 Å². The standard InChI is InChI=1S/C3H2F5NO/c4-2(5,6)3(7,8)9-1-10/h1H,(H,9,10). The Morgan fingerprint density at radius 1 is 1.10 bits per heavy atom. The molecule has 0 aromatic carbocycles. The summed E-state index contributed by atoms with van der Waals surface area (Å²) >= 11 is 0. The van der Waals surface area contributed by atoms with E-state index in [1.807, 2.05) is 0 Å². The number of nitrogens with one attached hydrogen (secondary N) is 1. The highest BCUT2D eigenvalue weighted by Crippen LogP contribution is 2.32. The van der Waals surface area contributed by atoms with Crippen molar-refractivity contribution in [3.63, 3.8) is 0 Å². The van der Waals surface area contributed by atoms with E-state index in [-0.39, 0.29) is 0 Å². The van der Waals surface area contributed by atoms with E-state index in [9.17, 15) is 26.7 Å². The van der Waals surface area contributed by atoms with Gasteiger partial charge in [-0.1, -0.05) is 0 Å². The highest BCUT2D eigenvalue weighted by Gasteiger charge is 2.57. The Kier molecular flexibility index (Phi) is 2.18. The SMILES string of the molecule is O=CNC(F)(F)C(F)(F)F. The molecule has 10 heavy (non-hydrogen) atoms. The predicted molar refractivity (Wildman–Crippen MR) is 20.2 cm³/mol. The quantitative estimate of drug-likeness (QED) is 0.365. The summed E-state index contributed by atoms with van der Waals surface area (Å²) in [7, 11) is 0. The topological polar surface area (TPSA) is 29.1 Å². The third kappa shape index (κ3) is 1.82. The van der Waals surface area contributed by atoms with Crippen LogP contribution in [0.5, 0.6) is 0 Å². The molecule has 0 saturated carbocycles. The minimum atomic E-state index is -5.73. The van der Waals surface area contributed by atoms with Crippen LogP contribution in [0.15, 0.2) is 0 Å². The summed E-state index contributed by atoms with van der Waals surface area (Å²) in [5.74, 6) is 0. The van der Waals surface area contributed by atoms with Gasteiger partial charge in [0.05, 0.1) is 0 Å². The van der Waals surface area contributed by atoms with Gasteiger partial charge in [-0.2, -0.15) is 22.0 Å². The first-order chi connectivity index (χ1) is 4.31. The number of carbonyl (C=O) groups excluding carboxylic acids is 1. The van der Waals surface area contributed by atoms with E-state index in [0.29, 0.717) is 5.32 Å². The molecule has 0 unspecified atom stereocenters. The maximum Gasteiger partial charge on any atom is 0.475 e. The van der Waals surface area contributed by atoms with Gasteiger partial charge in [0, 0.05) is 0 Å². The maximum absolute atomic E-state index is 11.5. The number of hydrogen-bond donors (Lipinski definition) is 1. The lowest BCUT2D eigenvalue weighted by Gasteiger charge is -2.17. The number of alkyl halides is 5. The van der Waals surface area contributed by atoms with E-state index >= 15 is 0 Å². The maximum atomic E-state index is 11.5. The van der Waals surface area contributed by atoms with E-state index in [4.69, 9.17) is 0 Å². The first-order valence-corrected chi connectivity index (χ1v) is 1.97. The van der Waals surface area contributed by atoms with Crippen molar-refractivity contribution in [3.8, 4) is 0 Å². The fourth-order valence-corrected chi connectivity index (χ4v) is 0.156. The molecule has 0 fully saturated rings. The Hall–Kier alpha value is -0.880. The number of rotatable bonds is 2. The second-order valence-corrected chi connectivity index (χ2v) is 1.33. The molecule has 0 aromatic heterocycles. The van der Waals surface area contributed by atoms with Crippen molar-refractivity contribution in [1.29, 1.82) is 0 Å². The van der Waals surface area contributed by atoms with Gasteiger partial charge in [-0.15, -0.1) is 0 Å². The van der Waals surface area contributed by atoms with Gasteiger partial charge >= 0.3 is 12.2 Å². The van der Waals surface area contributed by atoms with Crippen molar-refractivity contribution < 1.29 is 26.7 Å². The lowest BCUT2D eigenvalue weighted by atomic mass is 10.5. The van der Waals surface area contributed by atoms with Gasteiger partial charge in [-0.3, -0.25) is 10.1 Å². The Morgan fingerprint density at radius 3 is 1.60 bits per heavy atom. The van der Waals surface area contributed by atoms with Gasteiger partial charge in [0.25, 0.3) is 0 Å². The second-order valence-electron chi connectivity index (χ2n) is 1.33. The molecule has 0 bridgehead atoms. The summed E-state index contributed by atoms with van der Waals surface area (Å²) < 4.78 is 56.1. The van der Waals surface area contributed by atoms with E-state index in [1.54, 1.807) is 0 Å². The van der Waals surface area contributed by atoms with Crippen LogP contribution in [0.2, 0.25) is 0 Å².